The summed E-state index contributed by atoms with van der Waals surface area (Å²) < 4.78 is 6.62. The number of ketones is 1. The molecule has 0 N–H and O–H groups in total. The summed E-state index contributed by atoms with van der Waals surface area (Å²) >= 11 is 9.14. The van der Waals surface area contributed by atoms with Crippen LogP contribution in [0.4, 0.5) is 0 Å². The molecule has 0 spiro atoms. The van der Waals surface area contributed by atoms with Crippen molar-refractivity contribution in [3.05, 3.63) is 87.1 Å². The number of benzene rings is 1. The van der Waals surface area contributed by atoms with Gasteiger partial charge in [0, 0.05) is 23.2 Å². The summed E-state index contributed by atoms with van der Waals surface area (Å²) in [7, 11) is 0. The standard InChI is InChI=1S/C19H15BrClN3O3/c20-8-13-1-3-14(4-2-13)18(25)11-24-19(26)7-17(10-23-24)27-12-16-6-5-15(21)9-22-16/h1-7,9-10H,8,11-12H2. The number of carbonyl (C=O) groups is 1. The minimum absolute atomic E-state index is 0.133. The largest absolute Gasteiger partial charge is 0.485 e. The van der Waals surface area contributed by atoms with Gasteiger partial charge < -0.3 is 4.74 Å². The molecule has 2 aromatic heterocycles. The average molecular weight is 449 g/mol. The van der Waals surface area contributed by atoms with Crippen molar-refractivity contribution in [1.82, 2.24) is 14.8 Å². The number of pyridine rings is 1. The van der Waals surface area contributed by atoms with Gasteiger partial charge in [-0.3, -0.25) is 14.6 Å². The molecule has 3 aromatic rings. The van der Waals surface area contributed by atoms with Gasteiger partial charge in [0.05, 0.1) is 16.9 Å². The van der Waals surface area contributed by atoms with Crippen LogP contribution in [0.2, 0.25) is 5.02 Å². The molecule has 0 radical (unpaired) electrons. The van der Waals surface area contributed by atoms with Crippen LogP contribution in [0.3, 0.4) is 0 Å². The summed E-state index contributed by atoms with van der Waals surface area (Å²) in [6.07, 6.45) is 2.92. The number of nitrogens with zero attached hydrogens (tertiary/aromatic N) is 3. The molecule has 0 atom stereocenters. The van der Waals surface area contributed by atoms with E-state index in [0.29, 0.717) is 22.0 Å². The Labute approximate surface area is 168 Å². The van der Waals surface area contributed by atoms with Crippen LogP contribution < -0.4 is 10.3 Å². The van der Waals surface area contributed by atoms with E-state index in [2.05, 4.69) is 26.0 Å². The molecule has 27 heavy (non-hydrogen) atoms. The van der Waals surface area contributed by atoms with Gasteiger partial charge in [-0.05, 0) is 17.7 Å². The maximum absolute atomic E-state index is 12.3. The number of rotatable bonds is 7. The van der Waals surface area contributed by atoms with Crippen LogP contribution in [0.25, 0.3) is 0 Å². The molecular weight excluding hydrogens is 434 g/mol. The number of carbonyl (C=O) groups excluding carboxylic acids is 1. The number of hydrogen-bond donors (Lipinski definition) is 0. The molecule has 0 unspecified atom stereocenters. The fourth-order valence-corrected chi connectivity index (χ4v) is 2.76. The SMILES string of the molecule is O=C(Cn1ncc(OCc2ccc(Cl)cn2)cc1=O)c1ccc(CBr)cc1. The quantitative estimate of drug-likeness (QED) is 0.407. The Balaban J connectivity index is 1.64. The summed E-state index contributed by atoms with van der Waals surface area (Å²) in [6, 6.07) is 11.9. The van der Waals surface area contributed by atoms with E-state index in [-0.39, 0.29) is 18.9 Å². The smallest absolute Gasteiger partial charge is 0.270 e. The molecule has 0 aliphatic carbocycles. The average Bonchev–Trinajstić information content (AvgIpc) is 2.69. The molecule has 0 saturated heterocycles. The maximum atomic E-state index is 12.3. The van der Waals surface area contributed by atoms with Crippen molar-refractivity contribution < 1.29 is 9.53 Å². The summed E-state index contributed by atoms with van der Waals surface area (Å²) in [6.45, 7) is 0.0483. The van der Waals surface area contributed by atoms with Gasteiger partial charge in [-0.15, -0.1) is 0 Å². The van der Waals surface area contributed by atoms with Crippen molar-refractivity contribution in [3.63, 3.8) is 0 Å². The van der Waals surface area contributed by atoms with Gasteiger partial charge in [-0.25, -0.2) is 4.68 Å². The third-order valence-corrected chi connectivity index (χ3v) is 4.61. The monoisotopic (exact) mass is 447 g/mol. The van der Waals surface area contributed by atoms with Crippen LogP contribution in [-0.2, 0) is 18.5 Å². The molecule has 0 bridgehead atoms. The summed E-state index contributed by atoms with van der Waals surface area (Å²) in [5, 5.41) is 5.27. The predicted molar refractivity (Wildman–Crippen MR) is 105 cm³/mol. The molecule has 2 heterocycles. The molecule has 3 rings (SSSR count). The van der Waals surface area contributed by atoms with Gasteiger partial charge in [0.25, 0.3) is 5.56 Å². The van der Waals surface area contributed by atoms with Gasteiger partial charge >= 0.3 is 0 Å². The lowest BCUT2D eigenvalue weighted by atomic mass is 10.1. The third kappa shape index (κ3) is 5.24. The van der Waals surface area contributed by atoms with E-state index in [1.54, 1.807) is 24.3 Å². The Morgan fingerprint density at radius 2 is 1.93 bits per heavy atom. The number of hydrogen-bond acceptors (Lipinski definition) is 5. The van der Waals surface area contributed by atoms with Gasteiger partial charge in [0.2, 0.25) is 0 Å². The minimum atomic E-state index is -0.415. The Hall–Kier alpha value is -2.51. The van der Waals surface area contributed by atoms with E-state index >= 15 is 0 Å². The number of Topliss-reactive ketones (excluding diaryl/α,β-unsaturated/α-hetero) is 1. The highest BCUT2D eigenvalue weighted by molar-refractivity contribution is 9.08. The first-order valence-electron chi connectivity index (χ1n) is 8.03. The van der Waals surface area contributed by atoms with Crippen molar-refractivity contribution in [2.75, 3.05) is 0 Å². The second kappa shape index (κ2) is 8.92. The van der Waals surface area contributed by atoms with Gasteiger partial charge in [-0.2, -0.15) is 5.10 Å². The molecule has 0 saturated carbocycles. The second-order valence-corrected chi connectivity index (χ2v) is 6.69. The molecule has 0 fully saturated rings. The maximum Gasteiger partial charge on any atom is 0.270 e. The Morgan fingerprint density at radius 3 is 2.56 bits per heavy atom. The number of aromatic nitrogens is 3. The fraction of sp³-hybridized carbons (Fsp3) is 0.158. The number of alkyl halides is 1. The fourth-order valence-electron chi connectivity index (χ4n) is 2.27. The zero-order chi connectivity index (χ0) is 19.2. The van der Waals surface area contributed by atoms with Crippen molar-refractivity contribution in [2.24, 2.45) is 0 Å². The summed E-state index contributed by atoms with van der Waals surface area (Å²) in [5.41, 5.74) is 1.86. The first-order chi connectivity index (χ1) is 13.0. The van der Waals surface area contributed by atoms with E-state index < -0.39 is 5.56 Å². The van der Waals surface area contributed by atoms with Crippen LogP contribution in [0, 0.1) is 0 Å². The van der Waals surface area contributed by atoms with E-state index in [1.807, 2.05) is 12.1 Å². The molecular formula is C19H15BrClN3O3. The minimum Gasteiger partial charge on any atom is -0.485 e. The Morgan fingerprint density at radius 1 is 1.15 bits per heavy atom. The Kier molecular flexibility index (Phi) is 6.36. The van der Waals surface area contributed by atoms with E-state index in [0.717, 1.165) is 15.6 Å². The van der Waals surface area contributed by atoms with Crippen molar-refractivity contribution in [1.29, 1.82) is 0 Å². The van der Waals surface area contributed by atoms with Crippen LogP contribution in [-0.4, -0.2) is 20.5 Å². The highest BCUT2D eigenvalue weighted by Gasteiger charge is 2.10. The first kappa shape index (κ1) is 19.3. The molecule has 0 aliphatic heterocycles. The van der Waals surface area contributed by atoms with Crippen LogP contribution in [0.15, 0.2) is 59.7 Å². The summed E-state index contributed by atoms with van der Waals surface area (Å²) in [4.78, 5) is 28.6. The highest BCUT2D eigenvalue weighted by Crippen LogP contribution is 2.11. The molecule has 8 heteroatoms. The van der Waals surface area contributed by atoms with Crippen molar-refractivity contribution >= 4 is 33.3 Å². The molecule has 0 amide bonds. The van der Waals surface area contributed by atoms with Crippen molar-refractivity contribution in [2.45, 2.75) is 18.5 Å². The predicted octanol–water partition coefficient (Wildman–Crippen LogP) is 3.65. The molecule has 1 aromatic carbocycles. The van der Waals surface area contributed by atoms with Crippen LogP contribution in [0.1, 0.15) is 21.6 Å². The number of ether oxygens (including phenoxy) is 1. The zero-order valence-electron chi connectivity index (χ0n) is 14.1. The normalized spacial score (nSPS) is 10.6. The zero-order valence-corrected chi connectivity index (χ0v) is 16.5. The third-order valence-electron chi connectivity index (χ3n) is 3.74. The second-order valence-electron chi connectivity index (χ2n) is 5.70. The Bertz CT molecular complexity index is 988. The number of halogens is 2. The lowest BCUT2D eigenvalue weighted by molar-refractivity contribution is 0.0965. The molecule has 0 aliphatic rings. The van der Waals surface area contributed by atoms with E-state index in [1.165, 1.54) is 18.5 Å². The highest BCUT2D eigenvalue weighted by atomic mass is 79.9. The topological polar surface area (TPSA) is 74.1 Å². The molecule has 6 nitrogen and oxygen atoms in total. The molecule has 138 valence electrons. The van der Waals surface area contributed by atoms with Gasteiger partial charge in [0.15, 0.2) is 5.78 Å². The van der Waals surface area contributed by atoms with Gasteiger partial charge in [-0.1, -0.05) is 51.8 Å². The first-order valence-corrected chi connectivity index (χ1v) is 9.53. The van der Waals surface area contributed by atoms with Gasteiger partial charge in [0.1, 0.15) is 18.9 Å². The van der Waals surface area contributed by atoms with E-state index in [9.17, 15) is 9.59 Å². The summed E-state index contributed by atoms with van der Waals surface area (Å²) in [5.74, 6) is 0.117. The lowest BCUT2D eigenvalue weighted by Gasteiger charge is -2.08. The van der Waals surface area contributed by atoms with Crippen LogP contribution in [0.5, 0.6) is 5.75 Å². The van der Waals surface area contributed by atoms with Crippen LogP contribution >= 0.6 is 27.5 Å². The van der Waals surface area contributed by atoms with Crippen molar-refractivity contribution in [3.8, 4) is 5.75 Å². The van der Waals surface area contributed by atoms with E-state index in [4.69, 9.17) is 16.3 Å². The lowest BCUT2D eigenvalue weighted by Crippen LogP contribution is -2.26.